The Balaban J connectivity index is 1.65. The first-order valence-electron chi connectivity index (χ1n) is 7.57. The molecule has 3 rings (SSSR count). The van der Waals surface area contributed by atoms with E-state index in [2.05, 4.69) is 15.5 Å². The fraction of sp³-hybridized carbons (Fsp3) is 0.235. The Morgan fingerprint density at radius 2 is 1.92 bits per heavy atom. The second-order valence-electron chi connectivity index (χ2n) is 5.45. The number of aromatic nitrogens is 3. The summed E-state index contributed by atoms with van der Waals surface area (Å²) in [5, 5.41) is 11.5. The van der Waals surface area contributed by atoms with E-state index in [1.54, 1.807) is 12.1 Å². The van der Waals surface area contributed by atoms with Crippen molar-refractivity contribution in [3.8, 4) is 0 Å². The van der Waals surface area contributed by atoms with E-state index in [-0.39, 0.29) is 23.0 Å². The number of halogens is 1. The lowest BCUT2D eigenvalue weighted by atomic mass is 10.1. The Labute approximate surface area is 143 Å². The Hall–Kier alpha value is -2.41. The zero-order chi connectivity index (χ0) is 17.1. The van der Waals surface area contributed by atoms with Crippen molar-refractivity contribution in [2.75, 3.05) is 0 Å². The average Bonchev–Trinajstić information content (AvgIpc) is 2.98. The second-order valence-corrected chi connectivity index (χ2v) is 6.76. The van der Waals surface area contributed by atoms with E-state index in [0.717, 1.165) is 11.2 Å². The van der Waals surface area contributed by atoms with Crippen LogP contribution in [-0.4, -0.2) is 25.8 Å². The van der Waals surface area contributed by atoms with Crippen LogP contribution in [0.4, 0.5) is 4.39 Å². The van der Waals surface area contributed by atoms with Gasteiger partial charge >= 0.3 is 0 Å². The van der Waals surface area contributed by atoms with Crippen LogP contribution in [-0.2, 0) is 4.79 Å². The number of amides is 1. The number of carbonyl (C=O) groups is 1. The van der Waals surface area contributed by atoms with Gasteiger partial charge in [0.1, 0.15) is 5.82 Å². The van der Waals surface area contributed by atoms with Gasteiger partial charge in [0.2, 0.25) is 5.91 Å². The van der Waals surface area contributed by atoms with Crippen molar-refractivity contribution in [1.82, 2.24) is 19.9 Å². The molecule has 0 bridgehead atoms. The minimum atomic E-state index is -0.333. The lowest BCUT2D eigenvalue weighted by molar-refractivity contribution is -0.120. The van der Waals surface area contributed by atoms with Gasteiger partial charge in [0, 0.05) is 6.20 Å². The number of nitrogens with one attached hydrogen (secondary N) is 1. The van der Waals surface area contributed by atoms with Crippen LogP contribution in [0.1, 0.15) is 25.5 Å². The molecule has 0 spiro atoms. The fourth-order valence-corrected chi connectivity index (χ4v) is 3.12. The molecule has 2 aromatic heterocycles. The Bertz CT molecular complexity index is 849. The van der Waals surface area contributed by atoms with Crippen molar-refractivity contribution >= 4 is 23.3 Å². The lowest BCUT2D eigenvalue weighted by Gasteiger charge is -2.17. The summed E-state index contributed by atoms with van der Waals surface area (Å²) in [5.41, 5.74) is 1.60. The van der Waals surface area contributed by atoms with Crippen molar-refractivity contribution in [1.29, 1.82) is 0 Å². The highest BCUT2D eigenvalue weighted by atomic mass is 32.2. The fourth-order valence-electron chi connectivity index (χ4n) is 2.28. The van der Waals surface area contributed by atoms with Crippen LogP contribution >= 0.6 is 11.8 Å². The summed E-state index contributed by atoms with van der Waals surface area (Å²) < 4.78 is 14.8. The first-order chi connectivity index (χ1) is 11.5. The van der Waals surface area contributed by atoms with Crippen molar-refractivity contribution in [3.63, 3.8) is 0 Å². The number of fused-ring (bicyclic) bond motifs is 1. The van der Waals surface area contributed by atoms with Gasteiger partial charge in [-0.15, -0.1) is 10.2 Å². The number of hydrogen-bond acceptors (Lipinski definition) is 4. The standard InChI is InChI=1S/C17H17FN4OS/c1-11(13-6-8-14(18)9-7-13)19-16(23)12(2)24-17-21-20-15-5-3-4-10-22(15)17/h3-12H,1-2H3,(H,19,23)/t11-,12-/m0/s1. The molecule has 2 atom stereocenters. The molecule has 0 unspecified atom stereocenters. The molecule has 0 fully saturated rings. The van der Waals surface area contributed by atoms with Crippen LogP contribution in [0.2, 0.25) is 0 Å². The van der Waals surface area contributed by atoms with Gasteiger partial charge in [-0.05, 0) is 43.7 Å². The molecule has 0 saturated carbocycles. The molecule has 0 radical (unpaired) electrons. The third kappa shape index (κ3) is 3.56. The summed E-state index contributed by atoms with van der Waals surface area (Å²) in [5.74, 6) is -0.399. The van der Waals surface area contributed by atoms with E-state index >= 15 is 0 Å². The molecule has 2 heterocycles. The van der Waals surface area contributed by atoms with Gasteiger partial charge < -0.3 is 5.32 Å². The first kappa shape index (κ1) is 16.4. The Morgan fingerprint density at radius 3 is 2.67 bits per heavy atom. The van der Waals surface area contributed by atoms with E-state index < -0.39 is 0 Å². The molecule has 0 saturated heterocycles. The van der Waals surface area contributed by atoms with Crippen molar-refractivity contribution in [2.24, 2.45) is 0 Å². The van der Waals surface area contributed by atoms with E-state index in [1.165, 1.54) is 23.9 Å². The minimum absolute atomic E-state index is 0.107. The number of rotatable bonds is 5. The number of nitrogens with zero attached hydrogens (tertiary/aromatic N) is 3. The molecule has 7 heteroatoms. The van der Waals surface area contributed by atoms with Gasteiger partial charge in [-0.2, -0.15) is 0 Å². The van der Waals surface area contributed by atoms with Crippen molar-refractivity contribution in [3.05, 3.63) is 60.0 Å². The van der Waals surface area contributed by atoms with Crippen LogP contribution in [0.15, 0.2) is 53.8 Å². The Kier molecular flexibility index (Phi) is 4.80. The molecule has 0 aliphatic carbocycles. The molecule has 5 nitrogen and oxygen atoms in total. The highest BCUT2D eigenvalue weighted by molar-refractivity contribution is 8.00. The summed E-state index contributed by atoms with van der Waals surface area (Å²) in [6.07, 6.45) is 1.86. The smallest absolute Gasteiger partial charge is 0.233 e. The molecule has 124 valence electrons. The maximum atomic E-state index is 13.0. The van der Waals surface area contributed by atoms with Crippen LogP contribution in [0, 0.1) is 5.82 Å². The third-order valence-corrected chi connectivity index (χ3v) is 4.72. The van der Waals surface area contributed by atoms with Gasteiger partial charge in [-0.25, -0.2) is 4.39 Å². The molecular weight excluding hydrogens is 327 g/mol. The maximum Gasteiger partial charge on any atom is 0.233 e. The van der Waals surface area contributed by atoms with Gasteiger partial charge in [0.05, 0.1) is 11.3 Å². The topological polar surface area (TPSA) is 59.3 Å². The van der Waals surface area contributed by atoms with Gasteiger partial charge in [0.15, 0.2) is 10.8 Å². The van der Waals surface area contributed by atoms with Crippen LogP contribution < -0.4 is 5.32 Å². The molecular formula is C17H17FN4OS. The van der Waals surface area contributed by atoms with Crippen LogP contribution in [0.25, 0.3) is 5.65 Å². The van der Waals surface area contributed by atoms with Gasteiger partial charge in [0.25, 0.3) is 0 Å². The molecule has 1 N–H and O–H groups in total. The van der Waals surface area contributed by atoms with Gasteiger partial charge in [-0.3, -0.25) is 9.20 Å². The molecule has 0 aliphatic heterocycles. The number of thioether (sulfide) groups is 1. The Morgan fingerprint density at radius 1 is 1.17 bits per heavy atom. The predicted octanol–water partition coefficient (Wildman–Crippen LogP) is 3.23. The first-order valence-corrected chi connectivity index (χ1v) is 8.45. The van der Waals surface area contributed by atoms with Crippen LogP contribution in [0.5, 0.6) is 0 Å². The highest BCUT2D eigenvalue weighted by Crippen LogP contribution is 2.23. The largest absolute Gasteiger partial charge is 0.349 e. The molecule has 1 amide bonds. The summed E-state index contributed by atoms with van der Waals surface area (Å²) in [6, 6.07) is 11.6. The summed E-state index contributed by atoms with van der Waals surface area (Å²) in [6.45, 7) is 3.69. The molecule has 24 heavy (non-hydrogen) atoms. The zero-order valence-corrected chi connectivity index (χ0v) is 14.1. The van der Waals surface area contributed by atoms with E-state index in [0.29, 0.717) is 5.16 Å². The van der Waals surface area contributed by atoms with Gasteiger partial charge in [-0.1, -0.05) is 30.0 Å². The lowest BCUT2D eigenvalue weighted by Crippen LogP contribution is -2.33. The third-order valence-electron chi connectivity index (χ3n) is 3.66. The SMILES string of the molecule is C[C@H](Sc1nnc2ccccn12)C(=O)N[C@@H](C)c1ccc(F)cc1. The molecule has 0 aliphatic rings. The molecule has 3 aromatic rings. The van der Waals surface area contributed by atoms with E-state index in [4.69, 9.17) is 0 Å². The van der Waals surface area contributed by atoms with E-state index in [9.17, 15) is 9.18 Å². The number of pyridine rings is 1. The number of carbonyl (C=O) groups excluding carboxylic acids is 1. The predicted molar refractivity (Wildman–Crippen MR) is 91.3 cm³/mol. The summed E-state index contributed by atoms with van der Waals surface area (Å²) in [7, 11) is 0. The number of hydrogen-bond donors (Lipinski definition) is 1. The van der Waals surface area contributed by atoms with E-state index in [1.807, 2.05) is 42.6 Å². The minimum Gasteiger partial charge on any atom is -0.349 e. The highest BCUT2D eigenvalue weighted by Gasteiger charge is 2.19. The monoisotopic (exact) mass is 344 g/mol. The second kappa shape index (κ2) is 7.00. The van der Waals surface area contributed by atoms with Crippen molar-refractivity contribution < 1.29 is 9.18 Å². The average molecular weight is 344 g/mol. The zero-order valence-electron chi connectivity index (χ0n) is 13.3. The summed E-state index contributed by atoms with van der Waals surface area (Å²) in [4.78, 5) is 12.4. The maximum absolute atomic E-state index is 13.0. The quantitative estimate of drug-likeness (QED) is 0.722. The normalized spacial score (nSPS) is 13.6. The summed E-state index contributed by atoms with van der Waals surface area (Å²) >= 11 is 1.34. The van der Waals surface area contributed by atoms with Crippen LogP contribution in [0.3, 0.4) is 0 Å². The molecule has 1 aromatic carbocycles. The van der Waals surface area contributed by atoms with Crippen molar-refractivity contribution in [2.45, 2.75) is 30.3 Å². The number of benzene rings is 1.